The third-order valence-corrected chi connectivity index (χ3v) is 7.87. The number of amides is 1. The first-order chi connectivity index (χ1) is 13.6. The molecule has 2 fully saturated rings. The Hall–Kier alpha value is -0.660. The molecule has 2 aliphatic rings. The summed E-state index contributed by atoms with van der Waals surface area (Å²) in [5.41, 5.74) is 0. The molecular weight excluding hydrogens is 521 g/mol. The molecule has 1 amide bonds. The molecule has 176 valence electrons. The number of nitrogens with one attached hydrogen (secondary N) is 1. The summed E-state index contributed by atoms with van der Waals surface area (Å²) in [5.74, 6) is 0.949. The van der Waals surface area contributed by atoms with Gasteiger partial charge in [-0.3, -0.25) is 14.7 Å². The summed E-state index contributed by atoms with van der Waals surface area (Å²) < 4.78 is 29.1. The second-order valence-corrected chi connectivity index (χ2v) is 11.3. The maximum absolute atomic E-state index is 12.4. The quantitative estimate of drug-likeness (QED) is 0.284. The average molecular weight is 560 g/mol. The van der Waals surface area contributed by atoms with Gasteiger partial charge in [0.2, 0.25) is 5.91 Å². The van der Waals surface area contributed by atoms with Crippen LogP contribution in [0.2, 0.25) is 0 Å². The molecule has 0 radical (unpaired) electrons. The highest BCUT2D eigenvalue weighted by Gasteiger charge is 2.28. The van der Waals surface area contributed by atoms with Crippen molar-refractivity contribution in [1.29, 1.82) is 0 Å². The van der Waals surface area contributed by atoms with Gasteiger partial charge in [-0.2, -0.15) is 0 Å². The molecule has 2 heterocycles. The number of carbonyl (C=O) groups is 1. The maximum atomic E-state index is 12.4. The lowest BCUT2D eigenvalue weighted by atomic mass is 10.3. The van der Waals surface area contributed by atoms with E-state index in [2.05, 4.69) is 20.1 Å². The average Bonchev–Trinajstić information content (AvgIpc) is 2.67. The van der Waals surface area contributed by atoms with Crippen molar-refractivity contribution in [3.05, 3.63) is 0 Å². The lowest BCUT2D eigenvalue weighted by molar-refractivity contribution is -0.136. The fourth-order valence-corrected chi connectivity index (χ4v) is 4.17. The van der Waals surface area contributed by atoms with Gasteiger partial charge in [-0.15, -0.1) is 24.0 Å². The van der Waals surface area contributed by atoms with Crippen LogP contribution in [-0.2, 0) is 19.4 Å². The summed E-state index contributed by atoms with van der Waals surface area (Å²) >= 11 is 0. The van der Waals surface area contributed by atoms with Crippen molar-refractivity contribution >= 4 is 45.7 Å². The fraction of sp³-hybridized carbons (Fsp3) is 0.895. The fourth-order valence-electron chi connectivity index (χ4n) is 3.23. The predicted molar refractivity (Wildman–Crippen MR) is 130 cm³/mol. The molecule has 30 heavy (non-hydrogen) atoms. The van der Waals surface area contributed by atoms with E-state index in [0.717, 1.165) is 38.7 Å². The molecule has 11 heteroatoms. The number of hydrogen-bond acceptors (Lipinski definition) is 6. The number of aliphatic imine (C=N–C) groups is 1. The summed E-state index contributed by atoms with van der Waals surface area (Å²) in [6, 6.07) is 0. The summed E-state index contributed by atoms with van der Waals surface area (Å²) in [6.45, 7) is 14.2. The van der Waals surface area contributed by atoms with Crippen molar-refractivity contribution in [2.24, 2.45) is 4.99 Å². The minimum absolute atomic E-state index is 0. The van der Waals surface area contributed by atoms with Crippen molar-refractivity contribution in [2.45, 2.75) is 32.4 Å². The molecule has 0 bridgehead atoms. The maximum Gasteiger partial charge on any atom is 0.236 e. The molecule has 0 aromatic carbocycles. The number of carbonyl (C=O) groups excluding carboxylic acids is 1. The molecule has 2 saturated heterocycles. The Balaban J connectivity index is 0.00000450. The molecule has 0 spiro atoms. The number of hydrogen-bond donors (Lipinski definition) is 1. The first kappa shape index (κ1) is 27.4. The predicted octanol–water partition coefficient (Wildman–Crippen LogP) is 0.260. The van der Waals surface area contributed by atoms with Gasteiger partial charge < -0.3 is 19.9 Å². The van der Waals surface area contributed by atoms with Crippen molar-refractivity contribution in [2.75, 3.05) is 77.9 Å². The number of morpholine rings is 1. The Morgan fingerprint density at radius 2 is 1.63 bits per heavy atom. The monoisotopic (exact) mass is 559 g/mol. The standard InChI is InChI=1S/C19H37N5O4S.HI/c1-5-20-18(21-6-15-29(26,27)19(2,3)4)24-9-7-22(8-10-24)16-17(25)23-11-13-28-14-12-23;/h5-16H2,1-4H3,(H,20,21);1H. The van der Waals surface area contributed by atoms with E-state index in [0.29, 0.717) is 32.8 Å². The van der Waals surface area contributed by atoms with E-state index in [9.17, 15) is 13.2 Å². The van der Waals surface area contributed by atoms with E-state index in [1.165, 1.54) is 0 Å². The van der Waals surface area contributed by atoms with E-state index < -0.39 is 14.6 Å². The van der Waals surface area contributed by atoms with E-state index >= 15 is 0 Å². The molecule has 2 aliphatic heterocycles. The smallest absolute Gasteiger partial charge is 0.236 e. The second-order valence-electron chi connectivity index (χ2n) is 8.42. The highest BCUT2D eigenvalue weighted by atomic mass is 127. The van der Waals surface area contributed by atoms with Gasteiger partial charge in [-0.05, 0) is 27.7 Å². The number of ether oxygens (including phenoxy) is 1. The van der Waals surface area contributed by atoms with Gasteiger partial charge in [0, 0.05) is 45.8 Å². The summed E-state index contributed by atoms with van der Waals surface area (Å²) in [7, 11) is -3.18. The van der Waals surface area contributed by atoms with Crippen molar-refractivity contribution < 1.29 is 17.9 Å². The zero-order valence-corrected chi connectivity index (χ0v) is 21.9. The number of sulfone groups is 1. The van der Waals surface area contributed by atoms with Gasteiger partial charge in [-0.1, -0.05) is 0 Å². The minimum Gasteiger partial charge on any atom is -0.378 e. The van der Waals surface area contributed by atoms with Gasteiger partial charge in [0.05, 0.1) is 36.8 Å². The highest BCUT2D eigenvalue weighted by Crippen LogP contribution is 2.15. The van der Waals surface area contributed by atoms with Crippen LogP contribution in [0.15, 0.2) is 4.99 Å². The van der Waals surface area contributed by atoms with Crippen LogP contribution in [0.5, 0.6) is 0 Å². The van der Waals surface area contributed by atoms with Gasteiger partial charge >= 0.3 is 0 Å². The largest absolute Gasteiger partial charge is 0.378 e. The van der Waals surface area contributed by atoms with Crippen LogP contribution in [0.3, 0.4) is 0 Å². The lowest BCUT2D eigenvalue weighted by Crippen LogP contribution is -2.55. The Morgan fingerprint density at radius 3 is 2.17 bits per heavy atom. The highest BCUT2D eigenvalue weighted by molar-refractivity contribution is 14.0. The Kier molecular flexibility index (Phi) is 11.3. The summed E-state index contributed by atoms with van der Waals surface area (Å²) in [6.07, 6.45) is 0. The van der Waals surface area contributed by atoms with Gasteiger partial charge in [0.1, 0.15) is 0 Å². The number of guanidine groups is 1. The number of nitrogens with zero attached hydrogens (tertiary/aromatic N) is 4. The zero-order valence-electron chi connectivity index (χ0n) is 18.7. The molecule has 1 N–H and O–H groups in total. The van der Waals surface area contributed by atoms with E-state index in [4.69, 9.17) is 4.74 Å². The first-order valence-electron chi connectivity index (χ1n) is 10.5. The second kappa shape index (κ2) is 12.4. The van der Waals surface area contributed by atoms with E-state index in [1.54, 1.807) is 20.8 Å². The number of piperazine rings is 1. The molecular formula is C19H38IN5O4S. The van der Waals surface area contributed by atoms with Crippen LogP contribution >= 0.6 is 24.0 Å². The van der Waals surface area contributed by atoms with Gasteiger partial charge in [0.25, 0.3) is 0 Å². The molecule has 0 saturated carbocycles. The Bertz CT molecular complexity index is 667. The van der Waals surface area contributed by atoms with Gasteiger partial charge in [0.15, 0.2) is 15.8 Å². The molecule has 0 aromatic heterocycles. The summed E-state index contributed by atoms with van der Waals surface area (Å²) in [5, 5.41) is 3.26. The van der Waals surface area contributed by atoms with Crippen molar-refractivity contribution in [3.63, 3.8) is 0 Å². The Morgan fingerprint density at radius 1 is 1.03 bits per heavy atom. The summed E-state index contributed by atoms with van der Waals surface area (Å²) in [4.78, 5) is 23.1. The number of rotatable bonds is 6. The molecule has 2 rings (SSSR count). The third-order valence-electron chi connectivity index (χ3n) is 5.28. The molecule has 0 aliphatic carbocycles. The van der Waals surface area contributed by atoms with Crippen LogP contribution in [0.1, 0.15) is 27.7 Å². The SMILES string of the molecule is CCNC(=NCCS(=O)(=O)C(C)(C)C)N1CCN(CC(=O)N2CCOCC2)CC1.I. The lowest BCUT2D eigenvalue weighted by Gasteiger charge is -2.37. The first-order valence-corrected chi connectivity index (χ1v) is 12.1. The van der Waals surface area contributed by atoms with E-state index in [-0.39, 0.29) is 42.2 Å². The molecule has 9 nitrogen and oxygen atoms in total. The van der Waals surface area contributed by atoms with Crippen LogP contribution in [-0.4, -0.2) is 118 Å². The topological polar surface area (TPSA) is 94.6 Å². The third kappa shape index (κ3) is 8.12. The Labute approximate surface area is 198 Å². The minimum atomic E-state index is -3.18. The van der Waals surface area contributed by atoms with Crippen LogP contribution in [0.25, 0.3) is 0 Å². The zero-order chi connectivity index (χ0) is 21.5. The van der Waals surface area contributed by atoms with Crippen LogP contribution in [0, 0.1) is 0 Å². The van der Waals surface area contributed by atoms with Crippen molar-refractivity contribution in [1.82, 2.24) is 20.0 Å². The van der Waals surface area contributed by atoms with Crippen LogP contribution < -0.4 is 5.32 Å². The normalized spacial score (nSPS) is 19.4. The van der Waals surface area contributed by atoms with E-state index in [1.807, 2.05) is 11.8 Å². The molecule has 0 unspecified atom stereocenters. The van der Waals surface area contributed by atoms with Crippen molar-refractivity contribution in [3.8, 4) is 0 Å². The van der Waals surface area contributed by atoms with Crippen LogP contribution in [0.4, 0.5) is 0 Å². The number of halogens is 1. The van der Waals surface area contributed by atoms with Gasteiger partial charge in [-0.25, -0.2) is 8.42 Å². The molecule has 0 atom stereocenters. The molecule has 0 aromatic rings.